The largest absolute Gasteiger partial charge is 0.460 e. The number of hydrogen-bond donors (Lipinski definition) is 0. The predicted molar refractivity (Wildman–Crippen MR) is 49.2 cm³/mol. The van der Waals surface area contributed by atoms with Crippen LogP contribution >= 0.6 is 0 Å². The van der Waals surface area contributed by atoms with Crippen LogP contribution < -0.4 is 0 Å². The van der Waals surface area contributed by atoms with Crippen molar-refractivity contribution in [1.82, 2.24) is 9.97 Å². The molecule has 0 spiro atoms. The van der Waals surface area contributed by atoms with Gasteiger partial charge in [-0.3, -0.25) is 0 Å². The van der Waals surface area contributed by atoms with Crippen molar-refractivity contribution in [2.24, 2.45) is 0 Å². The molecular formula is C10H7N3O. The SMILES string of the molecule is Cc1ccc(-c2nccnc2C#N)o1. The van der Waals surface area contributed by atoms with E-state index < -0.39 is 0 Å². The standard InChI is InChI=1S/C10H7N3O/c1-7-2-3-9(14-7)10-8(6-11)12-4-5-13-10/h2-5H,1H3. The fourth-order valence-corrected chi connectivity index (χ4v) is 1.16. The van der Waals surface area contributed by atoms with Crippen LogP contribution in [0.4, 0.5) is 0 Å². The molecule has 2 heterocycles. The Morgan fingerprint density at radius 3 is 2.71 bits per heavy atom. The van der Waals surface area contributed by atoms with Crippen LogP contribution in [0.3, 0.4) is 0 Å². The molecule has 0 bridgehead atoms. The molecule has 2 aromatic rings. The van der Waals surface area contributed by atoms with E-state index in [2.05, 4.69) is 9.97 Å². The number of nitriles is 1. The molecule has 0 amide bonds. The lowest BCUT2D eigenvalue weighted by Gasteiger charge is -1.96. The van der Waals surface area contributed by atoms with Crippen molar-refractivity contribution in [3.8, 4) is 17.5 Å². The van der Waals surface area contributed by atoms with Gasteiger partial charge < -0.3 is 4.42 Å². The molecule has 2 aromatic heterocycles. The summed E-state index contributed by atoms with van der Waals surface area (Å²) in [5.41, 5.74) is 0.768. The van der Waals surface area contributed by atoms with Crippen LogP contribution in [-0.4, -0.2) is 9.97 Å². The molecule has 0 N–H and O–H groups in total. The molecule has 0 saturated heterocycles. The fourth-order valence-electron chi connectivity index (χ4n) is 1.16. The van der Waals surface area contributed by atoms with Crippen molar-refractivity contribution in [3.63, 3.8) is 0 Å². The summed E-state index contributed by atoms with van der Waals surface area (Å²) in [5, 5.41) is 8.79. The lowest BCUT2D eigenvalue weighted by Crippen LogP contribution is -1.90. The van der Waals surface area contributed by atoms with Gasteiger partial charge in [0.2, 0.25) is 0 Å². The van der Waals surface area contributed by atoms with Crippen molar-refractivity contribution < 1.29 is 4.42 Å². The molecule has 0 unspecified atom stereocenters. The predicted octanol–water partition coefficient (Wildman–Crippen LogP) is 1.92. The Bertz CT molecular complexity index is 496. The molecule has 68 valence electrons. The van der Waals surface area contributed by atoms with Gasteiger partial charge in [-0.05, 0) is 19.1 Å². The van der Waals surface area contributed by atoms with E-state index in [1.54, 1.807) is 6.07 Å². The van der Waals surface area contributed by atoms with Crippen LogP contribution in [-0.2, 0) is 0 Å². The second-order valence-corrected chi connectivity index (χ2v) is 2.78. The van der Waals surface area contributed by atoms with Crippen LogP contribution in [0.2, 0.25) is 0 Å². The molecule has 0 radical (unpaired) electrons. The van der Waals surface area contributed by atoms with Gasteiger partial charge >= 0.3 is 0 Å². The summed E-state index contributed by atoms with van der Waals surface area (Å²) in [5.74, 6) is 1.36. The Hall–Kier alpha value is -2.15. The van der Waals surface area contributed by atoms with Gasteiger partial charge in [0.1, 0.15) is 17.5 Å². The minimum Gasteiger partial charge on any atom is -0.460 e. The number of nitrogens with zero attached hydrogens (tertiary/aromatic N) is 3. The highest BCUT2D eigenvalue weighted by atomic mass is 16.3. The maximum atomic E-state index is 8.79. The van der Waals surface area contributed by atoms with E-state index in [1.807, 2.05) is 19.1 Å². The third-order valence-corrected chi connectivity index (χ3v) is 1.78. The minimum atomic E-state index is 0.279. The Morgan fingerprint density at radius 1 is 1.29 bits per heavy atom. The summed E-state index contributed by atoms with van der Waals surface area (Å²) in [6.07, 6.45) is 3.02. The van der Waals surface area contributed by atoms with E-state index in [-0.39, 0.29) is 5.69 Å². The van der Waals surface area contributed by atoms with Crippen LogP contribution in [0.15, 0.2) is 28.9 Å². The number of rotatable bonds is 1. The smallest absolute Gasteiger partial charge is 0.170 e. The average Bonchev–Trinajstić information content (AvgIpc) is 2.65. The summed E-state index contributed by atoms with van der Waals surface area (Å²) in [7, 11) is 0. The highest BCUT2D eigenvalue weighted by Crippen LogP contribution is 2.21. The van der Waals surface area contributed by atoms with E-state index >= 15 is 0 Å². The van der Waals surface area contributed by atoms with Crippen LogP contribution in [0, 0.1) is 18.3 Å². The van der Waals surface area contributed by atoms with Crippen LogP contribution in [0.25, 0.3) is 11.5 Å². The highest BCUT2D eigenvalue weighted by molar-refractivity contribution is 5.58. The fraction of sp³-hybridized carbons (Fsp3) is 0.100. The Kier molecular flexibility index (Phi) is 1.99. The molecule has 14 heavy (non-hydrogen) atoms. The van der Waals surface area contributed by atoms with Gasteiger partial charge in [0.05, 0.1) is 0 Å². The molecule has 0 aliphatic heterocycles. The Morgan fingerprint density at radius 2 is 2.07 bits per heavy atom. The first-order chi connectivity index (χ1) is 6.81. The molecule has 0 aliphatic carbocycles. The molecule has 0 fully saturated rings. The van der Waals surface area contributed by atoms with Gasteiger partial charge in [-0.25, -0.2) is 9.97 Å². The molecule has 2 rings (SSSR count). The van der Waals surface area contributed by atoms with E-state index in [9.17, 15) is 0 Å². The van der Waals surface area contributed by atoms with Gasteiger partial charge in [-0.1, -0.05) is 0 Å². The maximum absolute atomic E-state index is 8.79. The first-order valence-corrected chi connectivity index (χ1v) is 4.09. The quantitative estimate of drug-likeness (QED) is 0.680. The number of aromatic nitrogens is 2. The van der Waals surface area contributed by atoms with Gasteiger partial charge in [-0.2, -0.15) is 5.26 Å². The van der Waals surface area contributed by atoms with Gasteiger partial charge in [0.25, 0.3) is 0 Å². The lowest BCUT2D eigenvalue weighted by molar-refractivity contribution is 0.546. The van der Waals surface area contributed by atoms with E-state index in [0.29, 0.717) is 11.5 Å². The molecule has 0 aromatic carbocycles. The van der Waals surface area contributed by atoms with Gasteiger partial charge in [0.15, 0.2) is 11.5 Å². The van der Waals surface area contributed by atoms with E-state index in [0.717, 1.165) is 5.76 Å². The summed E-state index contributed by atoms with van der Waals surface area (Å²) in [4.78, 5) is 7.95. The lowest BCUT2D eigenvalue weighted by atomic mass is 10.2. The second kappa shape index (κ2) is 3.30. The Balaban J connectivity index is 2.57. The third kappa shape index (κ3) is 1.36. The maximum Gasteiger partial charge on any atom is 0.170 e. The summed E-state index contributed by atoms with van der Waals surface area (Å²) in [6, 6.07) is 5.57. The summed E-state index contributed by atoms with van der Waals surface area (Å²) in [6.45, 7) is 1.84. The van der Waals surface area contributed by atoms with Crippen LogP contribution in [0.5, 0.6) is 0 Å². The number of furan rings is 1. The average molecular weight is 185 g/mol. The first-order valence-electron chi connectivity index (χ1n) is 4.09. The Labute approximate surface area is 80.8 Å². The third-order valence-electron chi connectivity index (χ3n) is 1.78. The monoisotopic (exact) mass is 185 g/mol. The van der Waals surface area contributed by atoms with Crippen molar-refractivity contribution in [2.75, 3.05) is 0 Å². The molecule has 0 saturated carbocycles. The number of aryl methyl sites for hydroxylation is 1. The zero-order chi connectivity index (χ0) is 9.97. The minimum absolute atomic E-state index is 0.279. The molecular weight excluding hydrogens is 178 g/mol. The van der Waals surface area contributed by atoms with Crippen molar-refractivity contribution in [3.05, 3.63) is 36.0 Å². The van der Waals surface area contributed by atoms with Crippen LogP contribution in [0.1, 0.15) is 11.5 Å². The normalized spacial score (nSPS) is 9.71. The second-order valence-electron chi connectivity index (χ2n) is 2.78. The van der Waals surface area contributed by atoms with E-state index in [1.165, 1.54) is 12.4 Å². The topological polar surface area (TPSA) is 62.7 Å². The van der Waals surface area contributed by atoms with Crippen molar-refractivity contribution in [2.45, 2.75) is 6.92 Å². The van der Waals surface area contributed by atoms with Gasteiger partial charge in [-0.15, -0.1) is 0 Å². The molecule has 0 atom stereocenters. The summed E-state index contributed by atoms with van der Waals surface area (Å²) >= 11 is 0. The van der Waals surface area contributed by atoms with Crippen molar-refractivity contribution >= 4 is 0 Å². The zero-order valence-corrected chi connectivity index (χ0v) is 7.56. The van der Waals surface area contributed by atoms with Crippen molar-refractivity contribution in [1.29, 1.82) is 5.26 Å². The zero-order valence-electron chi connectivity index (χ0n) is 7.56. The highest BCUT2D eigenvalue weighted by Gasteiger charge is 2.09. The molecule has 0 aliphatic rings. The molecule has 4 nitrogen and oxygen atoms in total. The number of hydrogen-bond acceptors (Lipinski definition) is 4. The van der Waals surface area contributed by atoms with Gasteiger partial charge in [0, 0.05) is 12.4 Å². The van der Waals surface area contributed by atoms with E-state index in [4.69, 9.17) is 9.68 Å². The molecule has 4 heteroatoms. The summed E-state index contributed by atoms with van der Waals surface area (Å²) < 4.78 is 5.36. The first kappa shape index (κ1) is 8.45.